The first-order valence-electron chi connectivity index (χ1n) is 6.71. The number of hydrogen-bond acceptors (Lipinski definition) is 3. The number of aryl methyl sites for hydroxylation is 1. The molecule has 0 bridgehead atoms. The molecule has 2 N–H and O–H groups in total. The molecular formula is C15H22FNO2. The van der Waals surface area contributed by atoms with E-state index in [9.17, 15) is 9.50 Å². The van der Waals surface area contributed by atoms with Crippen molar-refractivity contribution in [2.45, 2.75) is 51.5 Å². The van der Waals surface area contributed by atoms with Crippen molar-refractivity contribution in [2.75, 3.05) is 6.61 Å². The van der Waals surface area contributed by atoms with Crippen LogP contribution >= 0.6 is 0 Å². The highest BCUT2D eigenvalue weighted by Crippen LogP contribution is 2.33. The monoisotopic (exact) mass is 267 g/mol. The zero-order chi connectivity index (χ0) is 14.3. The Bertz CT molecular complexity index is 475. The van der Waals surface area contributed by atoms with Gasteiger partial charge in [-0.1, -0.05) is 13.0 Å². The average Bonchev–Trinajstić information content (AvgIpc) is 2.34. The normalized spacial score (nSPS) is 30.3. The van der Waals surface area contributed by atoms with E-state index in [-0.39, 0.29) is 17.4 Å². The maximum absolute atomic E-state index is 13.5. The van der Waals surface area contributed by atoms with Crippen LogP contribution in [-0.4, -0.2) is 23.3 Å². The molecule has 3 nitrogen and oxygen atoms in total. The molecule has 1 aromatic rings. The number of ether oxygens (including phenoxy) is 1. The van der Waals surface area contributed by atoms with Gasteiger partial charge in [0, 0.05) is 11.1 Å². The summed E-state index contributed by atoms with van der Waals surface area (Å²) in [6.07, 6.45) is 0.586. The van der Waals surface area contributed by atoms with Crippen LogP contribution in [0.5, 0.6) is 0 Å². The van der Waals surface area contributed by atoms with Gasteiger partial charge in [-0.3, -0.25) is 0 Å². The smallest absolute Gasteiger partial charge is 0.208 e. The fraction of sp³-hybridized carbons (Fsp3) is 0.600. The summed E-state index contributed by atoms with van der Waals surface area (Å²) in [6.45, 7) is 8.19. The largest absolute Gasteiger partial charge is 0.361 e. The van der Waals surface area contributed by atoms with Gasteiger partial charge in [-0.15, -0.1) is 0 Å². The molecule has 4 heteroatoms. The van der Waals surface area contributed by atoms with Crippen LogP contribution in [0.3, 0.4) is 0 Å². The van der Waals surface area contributed by atoms with Crippen LogP contribution in [0, 0.1) is 5.82 Å². The Labute approximate surface area is 113 Å². The lowest BCUT2D eigenvalue weighted by atomic mass is 9.91. The minimum absolute atomic E-state index is 0.181. The molecule has 0 amide bonds. The molecule has 1 saturated heterocycles. The number of morpholine rings is 1. The van der Waals surface area contributed by atoms with E-state index in [0.29, 0.717) is 24.2 Å². The van der Waals surface area contributed by atoms with Crippen LogP contribution in [0.4, 0.5) is 4.39 Å². The molecule has 0 aliphatic carbocycles. The van der Waals surface area contributed by atoms with Crippen LogP contribution in [0.2, 0.25) is 0 Å². The molecule has 0 radical (unpaired) electrons. The predicted octanol–water partition coefficient (Wildman–Crippen LogP) is 2.32. The minimum Gasteiger partial charge on any atom is -0.361 e. The Hall–Kier alpha value is -0.970. The second kappa shape index (κ2) is 4.85. The zero-order valence-electron chi connectivity index (χ0n) is 12.0. The molecule has 2 atom stereocenters. The molecule has 2 rings (SSSR count). The lowest BCUT2D eigenvalue weighted by molar-refractivity contribution is -0.263. The Kier molecular flexibility index (Phi) is 3.69. The van der Waals surface area contributed by atoms with Gasteiger partial charge in [0.25, 0.3) is 0 Å². The lowest BCUT2D eigenvalue weighted by Crippen LogP contribution is -2.63. The highest BCUT2D eigenvalue weighted by atomic mass is 19.1. The van der Waals surface area contributed by atoms with Crippen molar-refractivity contribution >= 4 is 0 Å². The Morgan fingerprint density at radius 3 is 2.74 bits per heavy atom. The Morgan fingerprint density at radius 2 is 2.16 bits per heavy atom. The third kappa shape index (κ3) is 2.66. The summed E-state index contributed by atoms with van der Waals surface area (Å²) in [5.74, 6) is -1.65. The second-order valence-electron chi connectivity index (χ2n) is 5.89. The third-order valence-corrected chi connectivity index (χ3v) is 3.69. The van der Waals surface area contributed by atoms with Crippen molar-refractivity contribution < 1.29 is 14.2 Å². The first-order valence-corrected chi connectivity index (χ1v) is 6.71. The van der Waals surface area contributed by atoms with Gasteiger partial charge in [0.05, 0.1) is 12.6 Å². The average molecular weight is 267 g/mol. The van der Waals surface area contributed by atoms with Gasteiger partial charge in [-0.2, -0.15) is 0 Å². The van der Waals surface area contributed by atoms with Gasteiger partial charge in [-0.25, -0.2) is 4.39 Å². The molecule has 106 valence electrons. The molecule has 1 heterocycles. The number of rotatable bonds is 2. The molecule has 19 heavy (non-hydrogen) atoms. The van der Waals surface area contributed by atoms with Crippen molar-refractivity contribution in [1.82, 2.24) is 5.32 Å². The minimum atomic E-state index is -1.41. The van der Waals surface area contributed by atoms with E-state index in [2.05, 4.69) is 5.32 Å². The molecule has 0 saturated carbocycles. The third-order valence-electron chi connectivity index (χ3n) is 3.69. The lowest BCUT2D eigenvalue weighted by Gasteiger charge is -2.46. The molecule has 1 aliphatic heterocycles. The summed E-state index contributed by atoms with van der Waals surface area (Å²) >= 11 is 0. The number of aliphatic hydroxyl groups is 1. The molecule has 0 spiro atoms. The molecule has 1 fully saturated rings. The van der Waals surface area contributed by atoms with Crippen molar-refractivity contribution in [3.05, 3.63) is 35.1 Å². The second-order valence-corrected chi connectivity index (χ2v) is 5.89. The van der Waals surface area contributed by atoms with Gasteiger partial charge in [0.2, 0.25) is 5.79 Å². The summed E-state index contributed by atoms with van der Waals surface area (Å²) in [5.41, 5.74) is 1.01. The summed E-state index contributed by atoms with van der Waals surface area (Å²) in [4.78, 5) is 0. The van der Waals surface area contributed by atoms with E-state index in [1.54, 1.807) is 12.1 Å². The van der Waals surface area contributed by atoms with Gasteiger partial charge in [0.15, 0.2) is 0 Å². The zero-order valence-corrected chi connectivity index (χ0v) is 12.0. The predicted molar refractivity (Wildman–Crippen MR) is 72.3 cm³/mol. The fourth-order valence-corrected chi connectivity index (χ4v) is 2.54. The van der Waals surface area contributed by atoms with Crippen molar-refractivity contribution in [2.24, 2.45) is 0 Å². The molecule has 1 aromatic carbocycles. The van der Waals surface area contributed by atoms with Crippen LogP contribution < -0.4 is 5.32 Å². The quantitative estimate of drug-likeness (QED) is 0.864. The Morgan fingerprint density at radius 1 is 1.47 bits per heavy atom. The van der Waals surface area contributed by atoms with Gasteiger partial charge >= 0.3 is 0 Å². The summed E-state index contributed by atoms with van der Waals surface area (Å²) in [6, 6.07) is 4.39. The van der Waals surface area contributed by atoms with Crippen LogP contribution in [-0.2, 0) is 16.9 Å². The molecule has 2 unspecified atom stereocenters. The van der Waals surface area contributed by atoms with E-state index in [1.807, 2.05) is 27.7 Å². The molecule has 0 aromatic heterocycles. The number of benzene rings is 1. The standard InChI is InChI=1S/C15H22FNO2/c1-5-11-8-12(6-7-13(11)16)15(18)10(2)17-14(3,4)9-19-15/h6-8,10,17-18H,5,9H2,1-4H3. The van der Waals surface area contributed by atoms with Crippen LogP contribution in [0.25, 0.3) is 0 Å². The SMILES string of the molecule is CCc1cc(C2(O)OCC(C)(C)NC2C)ccc1F. The molecular weight excluding hydrogens is 245 g/mol. The van der Waals surface area contributed by atoms with E-state index < -0.39 is 5.79 Å². The first kappa shape index (κ1) is 14.4. The molecule has 1 aliphatic rings. The summed E-state index contributed by atoms with van der Waals surface area (Å²) in [7, 11) is 0. The topological polar surface area (TPSA) is 41.5 Å². The van der Waals surface area contributed by atoms with E-state index in [1.165, 1.54) is 6.07 Å². The van der Waals surface area contributed by atoms with E-state index in [4.69, 9.17) is 4.74 Å². The van der Waals surface area contributed by atoms with Gasteiger partial charge in [0.1, 0.15) is 5.82 Å². The number of hydrogen-bond donors (Lipinski definition) is 2. The van der Waals surface area contributed by atoms with Crippen molar-refractivity contribution in [3.8, 4) is 0 Å². The number of nitrogens with one attached hydrogen (secondary N) is 1. The van der Waals surface area contributed by atoms with Gasteiger partial charge in [-0.05, 0) is 44.9 Å². The maximum Gasteiger partial charge on any atom is 0.208 e. The van der Waals surface area contributed by atoms with Crippen molar-refractivity contribution in [3.63, 3.8) is 0 Å². The van der Waals surface area contributed by atoms with Gasteiger partial charge < -0.3 is 15.2 Å². The fourth-order valence-electron chi connectivity index (χ4n) is 2.54. The van der Waals surface area contributed by atoms with Crippen LogP contribution in [0.15, 0.2) is 18.2 Å². The summed E-state index contributed by atoms with van der Waals surface area (Å²) < 4.78 is 19.2. The van der Waals surface area contributed by atoms with E-state index in [0.717, 1.165) is 0 Å². The highest BCUT2D eigenvalue weighted by molar-refractivity contribution is 5.30. The van der Waals surface area contributed by atoms with E-state index >= 15 is 0 Å². The number of halogens is 1. The van der Waals surface area contributed by atoms with Crippen molar-refractivity contribution in [1.29, 1.82) is 0 Å². The highest BCUT2D eigenvalue weighted by Gasteiger charge is 2.44. The van der Waals surface area contributed by atoms with Crippen LogP contribution in [0.1, 0.15) is 38.8 Å². The maximum atomic E-state index is 13.5. The summed E-state index contributed by atoms with van der Waals surface area (Å²) in [5, 5.41) is 14.1. The first-order chi connectivity index (χ1) is 8.78. The Balaban J connectivity index is 2.35.